The zero-order valence-corrected chi connectivity index (χ0v) is 11.5. The summed E-state index contributed by atoms with van der Waals surface area (Å²) in [5, 5.41) is 3.48. The van der Waals surface area contributed by atoms with Crippen LogP contribution in [-0.4, -0.2) is 13.2 Å². The lowest BCUT2D eigenvalue weighted by molar-refractivity contribution is 0.412. The first-order valence-corrected chi connectivity index (χ1v) is 6.93. The van der Waals surface area contributed by atoms with Gasteiger partial charge < -0.3 is 10.1 Å². The van der Waals surface area contributed by atoms with Gasteiger partial charge in [-0.3, -0.25) is 0 Å². The average molecular weight is 271 g/mol. The lowest BCUT2D eigenvalue weighted by atomic mass is 9.88. The minimum Gasteiger partial charge on any atom is -0.494 e. The fourth-order valence-electron chi connectivity index (χ4n) is 2.83. The Kier molecular flexibility index (Phi) is 3.59. The summed E-state index contributed by atoms with van der Waals surface area (Å²) in [6.45, 7) is 0. The van der Waals surface area contributed by atoms with Crippen molar-refractivity contribution in [1.82, 2.24) is 0 Å². The van der Waals surface area contributed by atoms with Crippen LogP contribution >= 0.6 is 0 Å². The molecule has 0 heterocycles. The van der Waals surface area contributed by atoms with Crippen LogP contribution in [0.15, 0.2) is 42.5 Å². The van der Waals surface area contributed by atoms with Crippen molar-refractivity contribution >= 4 is 5.69 Å². The third-order valence-electron chi connectivity index (χ3n) is 3.87. The number of rotatable bonds is 3. The number of benzene rings is 2. The lowest BCUT2D eigenvalue weighted by Gasteiger charge is -2.27. The van der Waals surface area contributed by atoms with E-state index >= 15 is 0 Å². The van der Waals surface area contributed by atoms with Gasteiger partial charge in [-0.15, -0.1) is 0 Å². The molecular formula is C17H18FNO. The number of ether oxygens (including phenoxy) is 1. The molecule has 0 fully saturated rings. The molecule has 3 heteroatoms. The molecule has 2 nitrogen and oxygen atoms in total. The lowest BCUT2D eigenvalue weighted by Crippen LogP contribution is -2.27. The summed E-state index contributed by atoms with van der Waals surface area (Å²) in [5.74, 6) is 0.283. The fourth-order valence-corrected chi connectivity index (χ4v) is 2.83. The van der Waals surface area contributed by atoms with Crippen LogP contribution in [0.25, 0.3) is 0 Å². The van der Waals surface area contributed by atoms with Crippen LogP contribution in [0.4, 0.5) is 10.1 Å². The Balaban J connectivity index is 1.77. The normalized spacial score (nSPS) is 17.4. The molecule has 0 bridgehead atoms. The summed E-state index contributed by atoms with van der Waals surface area (Å²) < 4.78 is 18.4. The second-order valence-electron chi connectivity index (χ2n) is 5.20. The van der Waals surface area contributed by atoms with Crippen LogP contribution in [0.3, 0.4) is 0 Å². The molecule has 0 saturated carbocycles. The minimum atomic E-state index is -0.276. The zero-order valence-electron chi connectivity index (χ0n) is 11.5. The quantitative estimate of drug-likeness (QED) is 0.916. The maximum atomic E-state index is 13.2. The number of methoxy groups -OCH3 is 1. The minimum absolute atomic E-state index is 0.276. The van der Waals surface area contributed by atoms with Gasteiger partial charge in [0.2, 0.25) is 0 Å². The number of halogens is 1. The van der Waals surface area contributed by atoms with Crippen LogP contribution < -0.4 is 10.1 Å². The average Bonchev–Trinajstić information content (AvgIpc) is 2.49. The predicted octanol–water partition coefficient (Wildman–Crippen LogP) is 3.80. The van der Waals surface area contributed by atoms with E-state index in [2.05, 4.69) is 29.6 Å². The molecule has 1 N–H and O–H groups in total. The maximum absolute atomic E-state index is 13.2. The Morgan fingerprint density at radius 1 is 1.15 bits per heavy atom. The number of fused-ring (bicyclic) bond motifs is 1. The van der Waals surface area contributed by atoms with Crippen LogP contribution in [0.2, 0.25) is 0 Å². The van der Waals surface area contributed by atoms with E-state index in [9.17, 15) is 4.39 Å². The van der Waals surface area contributed by atoms with Crippen LogP contribution in [-0.2, 0) is 12.8 Å². The Bertz CT molecular complexity index is 612. The van der Waals surface area contributed by atoms with Gasteiger partial charge in [-0.25, -0.2) is 4.39 Å². The number of hydrogen-bond donors (Lipinski definition) is 1. The van der Waals surface area contributed by atoms with Gasteiger partial charge in [0.15, 0.2) is 0 Å². The molecule has 20 heavy (non-hydrogen) atoms. The maximum Gasteiger partial charge on any atom is 0.144 e. The Labute approximate surface area is 118 Å². The number of anilines is 1. The third-order valence-corrected chi connectivity index (χ3v) is 3.87. The third kappa shape index (κ3) is 2.62. The fraction of sp³-hybridized carbons (Fsp3) is 0.294. The van der Waals surface area contributed by atoms with Gasteiger partial charge in [0, 0.05) is 12.1 Å². The predicted molar refractivity (Wildman–Crippen MR) is 78.8 cm³/mol. The van der Waals surface area contributed by atoms with Gasteiger partial charge in [0.05, 0.1) is 12.8 Å². The molecule has 1 atom stereocenters. The van der Waals surface area contributed by atoms with E-state index in [1.807, 2.05) is 0 Å². The SMILES string of the molecule is COc1cc(F)ccc1NC1CCc2ccccc2C1. The zero-order chi connectivity index (χ0) is 13.9. The van der Waals surface area contributed by atoms with E-state index in [0.29, 0.717) is 11.8 Å². The van der Waals surface area contributed by atoms with Gasteiger partial charge >= 0.3 is 0 Å². The topological polar surface area (TPSA) is 21.3 Å². The van der Waals surface area contributed by atoms with Crippen molar-refractivity contribution < 1.29 is 9.13 Å². The largest absolute Gasteiger partial charge is 0.494 e. The molecule has 2 aromatic rings. The highest BCUT2D eigenvalue weighted by atomic mass is 19.1. The monoisotopic (exact) mass is 271 g/mol. The summed E-state index contributed by atoms with van der Waals surface area (Å²) >= 11 is 0. The van der Waals surface area contributed by atoms with Gasteiger partial charge in [0.1, 0.15) is 11.6 Å². The molecule has 104 valence electrons. The van der Waals surface area contributed by atoms with E-state index in [1.165, 1.54) is 23.3 Å². The van der Waals surface area contributed by atoms with E-state index < -0.39 is 0 Å². The van der Waals surface area contributed by atoms with Crippen molar-refractivity contribution in [3.05, 3.63) is 59.4 Å². The van der Waals surface area contributed by atoms with Crippen molar-refractivity contribution in [2.24, 2.45) is 0 Å². The van der Waals surface area contributed by atoms with Crippen molar-refractivity contribution in [2.75, 3.05) is 12.4 Å². The number of aryl methyl sites for hydroxylation is 1. The molecule has 0 saturated heterocycles. The van der Waals surface area contributed by atoms with E-state index in [1.54, 1.807) is 13.2 Å². The molecule has 0 radical (unpaired) electrons. The smallest absolute Gasteiger partial charge is 0.144 e. The van der Waals surface area contributed by atoms with E-state index in [4.69, 9.17) is 4.74 Å². The molecule has 2 aromatic carbocycles. The highest BCUT2D eigenvalue weighted by Crippen LogP contribution is 2.29. The van der Waals surface area contributed by atoms with Crippen molar-refractivity contribution in [3.63, 3.8) is 0 Å². The molecular weight excluding hydrogens is 253 g/mol. The molecule has 3 rings (SSSR count). The first-order chi connectivity index (χ1) is 9.76. The van der Waals surface area contributed by atoms with E-state index in [0.717, 1.165) is 24.9 Å². The number of hydrogen-bond acceptors (Lipinski definition) is 2. The Morgan fingerprint density at radius 3 is 2.75 bits per heavy atom. The van der Waals surface area contributed by atoms with Gasteiger partial charge in [-0.1, -0.05) is 24.3 Å². The molecule has 1 aliphatic carbocycles. The molecule has 0 amide bonds. The van der Waals surface area contributed by atoms with Crippen LogP contribution in [0.1, 0.15) is 17.5 Å². The van der Waals surface area contributed by atoms with Crippen LogP contribution in [0, 0.1) is 5.82 Å². The standard InChI is InChI=1S/C17H18FNO/c1-20-17-11-14(18)7-9-16(17)19-15-8-6-12-4-2-3-5-13(12)10-15/h2-5,7,9,11,15,19H,6,8,10H2,1H3. The molecule has 0 aliphatic heterocycles. The Morgan fingerprint density at radius 2 is 1.95 bits per heavy atom. The number of nitrogens with one attached hydrogen (secondary N) is 1. The van der Waals surface area contributed by atoms with Crippen molar-refractivity contribution in [2.45, 2.75) is 25.3 Å². The summed E-state index contributed by atoms with van der Waals surface area (Å²) in [4.78, 5) is 0. The van der Waals surface area contributed by atoms with Crippen molar-refractivity contribution in [1.29, 1.82) is 0 Å². The van der Waals surface area contributed by atoms with Gasteiger partial charge in [-0.05, 0) is 42.5 Å². The first kappa shape index (κ1) is 13.0. The van der Waals surface area contributed by atoms with Crippen LogP contribution in [0.5, 0.6) is 5.75 Å². The molecule has 1 unspecified atom stereocenters. The van der Waals surface area contributed by atoms with E-state index in [-0.39, 0.29) is 5.82 Å². The highest BCUT2D eigenvalue weighted by Gasteiger charge is 2.19. The van der Waals surface area contributed by atoms with Crippen molar-refractivity contribution in [3.8, 4) is 5.75 Å². The second-order valence-corrected chi connectivity index (χ2v) is 5.20. The molecule has 0 aromatic heterocycles. The molecule has 1 aliphatic rings. The summed E-state index contributed by atoms with van der Waals surface area (Å²) in [6, 6.07) is 13.5. The summed E-state index contributed by atoms with van der Waals surface area (Å²) in [6.07, 6.45) is 3.16. The highest BCUT2D eigenvalue weighted by molar-refractivity contribution is 5.57. The molecule has 0 spiro atoms. The van der Waals surface area contributed by atoms with Gasteiger partial charge in [-0.2, -0.15) is 0 Å². The second kappa shape index (κ2) is 5.53. The summed E-state index contributed by atoms with van der Waals surface area (Å²) in [5.41, 5.74) is 3.70. The summed E-state index contributed by atoms with van der Waals surface area (Å²) in [7, 11) is 1.57. The van der Waals surface area contributed by atoms with Gasteiger partial charge in [0.25, 0.3) is 0 Å². The first-order valence-electron chi connectivity index (χ1n) is 6.93. The Hall–Kier alpha value is -2.03.